The van der Waals surface area contributed by atoms with E-state index in [1.807, 2.05) is 36.4 Å². The van der Waals surface area contributed by atoms with Crippen LogP contribution in [0, 0.1) is 16.7 Å². The third-order valence-electron chi connectivity index (χ3n) is 3.51. The molecule has 134 valence electrons. The molecule has 0 radical (unpaired) electrons. The first-order chi connectivity index (χ1) is 12.5. The Morgan fingerprint density at radius 3 is 2.54 bits per heavy atom. The number of nitriles is 1. The lowest BCUT2D eigenvalue weighted by molar-refractivity contribution is 0.210. The minimum Gasteiger partial charge on any atom is -0.490 e. The molecule has 2 heterocycles. The Bertz CT molecular complexity index is 923. The van der Waals surface area contributed by atoms with Gasteiger partial charge in [0.05, 0.1) is 0 Å². The summed E-state index contributed by atoms with van der Waals surface area (Å²) in [4.78, 5) is 8.33. The maximum absolute atomic E-state index is 9.06. The number of rotatable bonds is 6. The quantitative estimate of drug-likeness (QED) is 0.634. The maximum atomic E-state index is 9.06. The van der Waals surface area contributed by atoms with E-state index in [4.69, 9.17) is 14.7 Å². The highest BCUT2D eigenvalue weighted by molar-refractivity contribution is 5.80. The van der Waals surface area contributed by atoms with Gasteiger partial charge in [-0.05, 0) is 17.5 Å². The molecular weight excluding hydrogens is 330 g/mol. The van der Waals surface area contributed by atoms with Crippen LogP contribution >= 0.6 is 0 Å². The summed E-state index contributed by atoms with van der Waals surface area (Å²) in [5.41, 5.74) is 0.607. The van der Waals surface area contributed by atoms with E-state index < -0.39 is 0 Å². The molecule has 1 aromatic carbocycles. The van der Waals surface area contributed by atoms with Crippen molar-refractivity contribution in [3.8, 4) is 17.7 Å². The van der Waals surface area contributed by atoms with Gasteiger partial charge in [0.15, 0.2) is 5.65 Å². The molecule has 0 amide bonds. The monoisotopic (exact) mass is 351 g/mol. The first kappa shape index (κ1) is 17.7. The number of nitrogens with zero attached hydrogens (tertiary/aromatic N) is 5. The molecule has 0 saturated heterocycles. The summed E-state index contributed by atoms with van der Waals surface area (Å²) in [6, 6.07) is 11.5. The molecule has 7 nitrogen and oxygen atoms in total. The third-order valence-corrected chi connectivity index (χ3v) is 3.51. The van der Waals surface area contributed by atoms with Crippen molar-refractivity contribution in [2.45, 2.75) is 27.3 Å². The first-order valence-corrected chi connectivity index (χ1v) is 8.40. The van der Waals surface area contributed by atoms with Crippen molar-refractivity contribution in [3.63, 3.8) is 0 Å². The lowest BCUT2D eigenvalue weighted by Gasteiger charge is -2.17. The molecule has 0 aliphatic carbocycles. The second-order valence-electron chi connectivity index (χ2n) is 7.08. The van der Waals surface area contributed by atoms with E-state index in [2.05, 4.69) is 35.8 Å². The first-order valence-electron chi connectivity index (χ1n) is 8.40. The Morgan fingerprint density at radius 2 is 1.85 bits per heavy atom. The van der Waals surface area contributed by atoms with Gasteiger partial charge in [-0.3, -0.25) is 0 Å². The molecule has 2 aromatic heterocycles. The van der Waals surface area contributed by atoms with Gasteiger partial charge in [-0.2, -0.15) is 10.2 Å². The molecule has 0 atom stereocenters. The zero-order valence-electron chi connectivity index (χ0n) is 15.1. The van der Waals surface area contributed by atoms with E-state index in [1.54, 1.807) is 10.9 Å². The van der Waals surface area contributed by atoms with Gasteiger partial charge in [-0.15, -0.1) is 5.10 Å². The number of ether oxygens (including phenoxy) is 2. The summed E-state index contributed by atoms with van der Waals surface area (Å²) in [6.45, 7) is 7.73. The smallest absolute Gasteiger partial charge is 0.244 e. The van der Waals surface area contributed by atoms with Crippen molar-refractivity contribution in [1.82, 2.24) is 19.7 Å². The highest BCUT2D eigenvalue weighted by Crippen LogP contribution is 2.26. The van der Waals surface area contributed by atoms with Gasteiger partial charge >= 0.3 is 0 Å². The third kappa shape index (κ3) is 4.28. The summed E-state index contributed by atoms with van der Waals surface area (Å²) < 4.78 is 13.2. The molecule has 0 N–H and O–H groups in total. The lowest BCUT2D eigenvalue weighted by Crippen LogP contribution is -2.17. The van der Waals surface area contributed by atoms with Crippen molar-refractivity contribution in [2.75, 3.05) is 13.2 Å². The van der Waals surface area contributed by atoms with Crippen LogP contribution < -0.4 is 9.47 Å². The van der Waals surface area contributed by atoms with E-state index >= 15 is 0 Å². The van der Waals surface area contributed by atoms with Gasteiger partial charge in [-0.1, -0.05) is 39.0 Å². The average molecular weight is 351 g/mol. The molecule has 0 saturated carbocycles. The van der Waals surface area contributed by atoms with E-state index in [0.717, 1.165) is 5.75 Å². The van der Waals surface area contributed by atoms with Crippen LogP contribution in [-0.4, -0.2) is 33.0 Å². The van der Waals surface area contributed by atoms with Crippen LogP contribution in [0.25, 0.3) is 11.0 Å². The Labute approximate surface area is 152 Å². The van der Waals surface area contributed by atoms with E-state index in [0.29, 0.717) is 36.7 Å². The van der Waals surface area contributed by atoms with Crippen LogP contribution in [-0.2, 0) is 6.54 Å². The Kier molecular flexibility index (Phi) is 5.03. The summed E-state index contributed by atoms with van der Waals surface area (Å²) in [7, 11) is 0. The number of para-hydroxylation sites is 1. The number of aromatic nitrogens is 4. The lowest BCUT2D eigenvalue weighted by atomic mass is 9.97. The van der Waals surface area contributed by atoms with Gasteiger partial charge in [0.25, 0.3) is 0 Å². The SMILES string of the molecule is CC(C)(C)Cn1nc(OCCOc2ccccc2)c2cnc(C#N)nc21. The minimum atomic E-state index is 0.00436. The molecule has 26 heavy (non-hydrogen) atoms. The highest BCUT2D eigenvalue weighted by atomic mass is 16.5. The highest BCUT2D eigenvalue weighted by Gasteiger charge is 2.19. The van der Waals surface area contributed by atoms with E-state index in [1.165, 1.54) is 0 Å². The fraction of sp³-hybridized carbons (Fsp3) is 0.368. The zero-order valence-corrected chi connectivity index (χ0v) is 15.1. The fourth-order valence-corrected chi connectivity index (χ4v) is 2.47. The normalized spacial score (nSPS) is 11.3. The van der Waals surface area contributed by atoms with E-state index in [9.17, 15) is 0 Å². The standard InChI is InChI=1S/C19H21N5O2/c1-19(2,3)13-24-17-15(12-21-16(11-20)22-17)18(23-24)26-10-9-25-14-7-5-4-6-8-14/h4-8,12H,9-10,13H2,1-3H3. The number of benzene rings is 1. The maximum Gasteiger partial charge on any atom is 0.244 e. The van der Waals surface area contributed by atoms with Gasteiger partial charge in [0, 0.05) is 12.7 Å². The Morgan fingerprint density at radius 1 is 1.12 bits per heavy atom. The number of fused-ring (bicyclic) bond motifs is 1. The van der Waals surface area contributed by atoms with Crippen LogP contribution in [0.1, 0.15) is 26.6 Å². The molecular formula is C19H21N5O2. The summed E-state index contributed by atoms with van der Waals surface area (Å²) in [5.74, 6) is 1.36. The Balaban J connectivity index is 1.76. The van der Waals surface area contributed by atoms with Crippen LogP contribution in [0.2, 0.25) is 0 Å². The summed E-state index contributed by atoms with van der Waals surface area (Å²) in [5, 5.41) is 14.3. The molecule has 0 aliphatic heterocycles. The van der Waals surface area contributed by atoms with E-state index in [-0.39, 0.29) is 11.2 Å². The number of hydrogen-bond acceptors (Lipinski definition) is 6. The topological polar surface area (TPSA) is 85.9 Å². The molecule has 0 spiro atoms. The average Bonchev–Trinajstić information content (AvgIpc) is 2.95. The fourth-order valence-electron chi connectivity index (χ4n) is 2.47. The van der Waals surface area contributed by atoms with Crippen LogP contribution in [0.15, 0.2) is 36.5 Å². The van der Waals surface area contributed by atoms with Crippen molar-refractivity contribution < 1.29 is 9.47 Å². The van der Waals surface area contributed by atoms with Gasteiger partial charge in [0.1, 0.15) is 30.4 Å². The number of hydrogen-bond donors (Lipinski definition) is 0. The molecule has 3 aromatic rings. The van der Waals surface area contributed by atoms with Crippen molar-refractivity contribution in [3.05, 3.63) is 42.4 Å². The van der Waals surface area contributed by atoms with Gasteiger partial charge in [-0.25, -0.2) is 9.67 Å². The summed E-state index contributed by atoms with van der Waals surface area (Å²) >= 11 is 0. The molecule has 7 heteroatoms. The molecule has 0 unspecified atom stereocenters. The van der Waals surface area contributed by atoms with Crippen molar-refractivity contribution in [2.24, 2.45) is 5.41 Å². The van der Waals surface area contributed by atoms with Crippen LogP contribution in [0.5, 0.6) is 11.6 Å². The van der Waals surface area contributed by atoms with Crippen LogP contribution in [0.4, 0.5) is 0 Å². The van der Waals surface area contributed by atoms with Crippen molar-refractivity contribution in [1.29, 1.82) is 5.26 Å². The Hall–Kier alpha value is -3.14. The van der Waals surface area contributed by atoms with Crippen molar-refractivity contribution >= 4 is 11.0 Å². The van der Waals surface area contributed by atoms with Crippen LogP contribution in [0.3, 0.4) is 0 Å². The molecule has 0 bridgehead atoms. The predicted octanol–water partition coefficient (Wildman–Crippen LogP) is 3.20. The van der Waals surface area contributed by atoms with Gasteiger partial charge < -0.3 is 9.47 Å². The molecule has 0 fully saturated rings. The zero-order chi connectivity index (χ0) is 18.6. The molecule has 3 rings (SSSR count). The van der Waals surface area contributed by atoms with Gasteiger partial charge in [0.2, 0.25) is 11.7 Å². The summed E-state index contributed by atoms with van der Waals surface area (Å²) in [6.07, 6.45) is 1.58. The second kappa shape index (κ2) is 7.40. The second-order valence-corrected chi connectivity index (χ2v) is 7.08. The molecule has 0 aliphatic rings. The minimum absolute atomic E-state index is 0.00436. The predicted molar refractivity (Wildman–Crippen MR) is 96.9 cm³/mol. The largest absolute Gasteiger partial charge is 0.490 e.